The molecule has 2 bridgehead atoms. The minimum atomic E-state index is -1.82. The Kier molecular flexibility index (Phi) is 7.60. The minimum absolute atomic E-state index is 0.0842. The lowest BCUT2D eigenvalue weighted by Crippen LogP contribution is -2.69. The fraction of sp³-hybridized carbons (Fsp3) is 0.455. The number of nitrogens with zero attached hydrogens (tertiary/aromatic N) is 1. The van der Waals surface area contributed by atoms with E-state index in [2.05, 4.69) is 4.90 Å². The first-order valence-electron chi connectivity index (χ1n) is 14.9. The molecule has 1 spiro atoms. The lowest BCUT2D eigenvalue weighted by molar-refractivity contribution is -0.183. The van der Waals surface area contributed by atoms with Crippen LogP contribution in [0.2, 0.25) is 0 Å². The van der Waals surface area contributed by atoms with Gasteiger partial charge in [-0.15, -0.1) is 0 Å². The Bertz CT molecular complexity index is 1590. The number of phenols is 1. The Hall–Kier alpha value is -4.42. The van der Waals surface area contributed by atoms with Crippen molar-refractivity contribution in [1.82, 2.24) is 4.90 Å². The van der Waals surface area contributed by atoms with Gasteiger partial charge in [0.2, 0.25) is 12.2 Å². The predicted molar refractivity (Wildman–Crippen MR) is 155 cm³/mol. The largest absolute Gasteiger partial charge is 0.504 e. The molecule has 0 radical (unpaired) electrons. The Morgan fingerprint density at radius 3 is 2.49 bits per heavy atom. The van der Waals surface area contributed by atoms with Crippen LogP contribution < -0.4 is 4.74 Å². The van der Waals surface area contributed by atoms with Crippen LogP contribution in [0, 0.1) is 5.92 Å². The molecular formula is C33H35NO11. The molecule has 6 rings (SSSR count). The van der Waals surface area contributed by atoms with Crippen molar-refractivity contribution in [3.8, 4) is 11.5 Å². The molecule has 12 heteroatoms. The van der Waals surface area contributed by atoms with Gasteiger partial charge in [-0.1, -0.05) is 36.4 Å². The van der Waals surface area contributed by atoms with E-state index in [1.807, 2.05) is 13.1 Å². The zero-order valence-corrected chi connectivity index (χ0v) is 25.1. The first-order valence-corrected chi connectivity index (χ1v) is 14.9. The number of likely N-dealkylation sites (tertiary alicyclic amines) is 1. The Labute approximate surface area is 259 Å². The number of hydrogen-bond donors (Lipinski definition) is 3. The summed E-state index contributed by atoms with van der Waals surface area (Å²) in [5, 5.41) is 33.0. The zero-order chi connectivity index (χ0) is 32.3. The number of carboxylic acids is 1. The summed E-state index contributed by atoms with van der Waals surface area (Å²) in [5.74, 6) is -5.69. The standard InChI is InChI=1S/C33H35NO11/c1-17(25(42-18(2)35)31(40)45-26(29(37)38)19-8-5-4-6-9-19)30(39)43-22-12-14-33(41)23-16-20-10-11-21(36)27-24(20)32(33,28(22)44-27)13-7-15-34(23)3/h4-6,8-12,17,23,25-26,28,36,41H,7,13-16H2,1-3H3,(H,37,38)/t17-,23-,25-,26+,28+,32+,33-/m1/s1. The van der Waals surface area contributed by atoms with E-state index in [1.165, 1.54) is 19.1 Å². The summed E-state index contributed by atoms with van der Waals surface area (Å²) in [6.45, 7) is 3.08. The van der Waals surface area contributed by atoms with E-state index in [9.17, 15) is 34.5 Å². The molecule has 7 atom stereocenters. The average molecular weight is 622 g/mol. The number of ether oxygens (including phenoxy) is 4. The summed E-state index contributed by atoms with van der Waals surface area (Å²) in [7, 11) is 1.97. The smallest absolute Gasteiger partial charge is 0.349 e. The van der Waals surface area contributed by atoms with Gasteiger partial charge >= 0.3 is 23.9 Å². The molecule has 0 saturated carbocycles. The van der Waals surface area contributed by atoms with E-state index in [0.29, 0.717) is 19.3 Å². The molecule has 1 saturated heterocycles. The zero-order valence-electron chi connectivity index (χ0n) is 25.1. The summed E-state index contributed by atoms with van der Waals surface area (Å²) in [5.41, 5.74) is -0.466. The van der Waals surface area contributed by atoms with E-state index in [4.69, 9.17) is 18.9 Å². The number of aliphatic carboxylic acids is 1. The van der Waals surface area contributed by atoms with Crippen molar-refractivity contribution in [3.63, 3.8) is 0 Å². The van der Waals surface area contributed by atoms with Crippen molar-refractivity contribution in [3.05, 3.63) is 71.0 Å². The van der Waals surface area contributed by atoms with Crippen molar-refractivity contribution in [2.45, 2.75) is 74.9 Å². The number of esters is 3. The quantitative estimate of drug-likeness (QED) is 0.291. The van der Waals surface area contributed by atoms with Crippen LogP contribution in [0.25, 0.3) is 0 Å². The predicted octanol–water partition coefficient (Wildman–Crippen LogP) is 2.54. The van der Waals surface area contributed by atoms with Crippen molar-refractivity contribution in [1.29, 1.82) is 0 Å². The van der Waals surface area contributed by atoms with Crippen LogP contribution in [0.4, 0.5) is 0 Å². The van der Waals surface area contributed by atoms with Crippen LogP contribution in [0.3, 0.4) is 0 Å². The topological polar surface area (TPSA) is 169 Å². The lowest BCUT2D eigenvalue weighted by atomic mass is 9.52. The van der Waals surface area contributed by atoms with E-state index < -0.39 is 59.1 Å². The number of rotatable bonds is 8. The normalized spacial score (nSPS) is 28.2. The van der Waals surface area contributed by atoms with Gasteiger partial charge in [-0.3, -0.25) is 9.59 Å². The Morgan fingerprint density at radius 2 is 1.80 bits per heavy atom. The Balaban J connectivity index is 1.29. The van der Waals surface area contributed by atoms with Crippen LogP contribution in [0.5, 0.6) is 11.5 Å². The fourth-order valence-corrected chi connectivity index (χ4v) is 7.63. The molecule has 2 aromatic carbocycles. The highest BCUT2D eigenvalue weighted by Crippen LogP contribution is 2.65. The minimum Gasteiger partial charge on any atom is -0.504 e. The van der Waals surface area contributed by atoms with Gasteiger partial charge in [0.15, 0.2) is 17.6 Å². The highest BCUT2D eigenvalue weighted by Gasteiger charge is 2.71. The molecule has 2 heterocycles. The third kappa shape index (κ3) is 4.74. The van der Waals surface area contributed by atoms with Gasteiger partial charge in [0.25, 0.3) is 0 Å². The van der Waals surface area contributed by atoms with E-state index in [-0.39, 0.29) is 35.3 Å². The molecule has 2 aliphatic heterocycles. The summed E-state index contributed by atoms with van der Waals surface area (Å²) >= 11 is 0. The van der Waals surface area contributed by atoms with E-state index in [0.717, 1.165) is 24.6 Å². The van der Waals surface area contributed by atoms with E-state index >= 15 is 0 Å². The molecule has 45 heavy (non-hydrogen) atoms. The van der Waals surface area contributed by atoms with Crippen LogP contribution in [0.15, 0.2) is 54.3 Å². The number of carbonyl (C=O) groups excluding carboxylic acids is 3. The van der Waals surface area contributed by atoms with Gasteiger partial charge in [-0.25, -0.2) is 9.59 Å². The average Bonchev–Trinajstić information content (AvgIpc) is 3.35. The third-order valence-electron chi connectivity index (χ3n) is 9.71. The molecular weight excluding hydrogens is 586 g/mol. The summed E-state index contributed by atoms with van der Waals surface area (Å²) < 4.78 is 22.6. The summed E-state index contributed by atoms with van der Waals surface area (Å²) in [6, 6.07) is 10.9. The number of hydrogen-bond acceptors (Lipinski definition) is 11. The maximum Gasteiger partial charge on any atom is 0.349 e. The van der Waals surface area contributed by atoms with Gasteiger partial charge in [0, 0.05) is 30.5 Å². The van der Waals surface area contributed by atoms with Crippen LogP contribution >= 0.6 is 0 Å². The highest BCUT2D eigenvalue weighted by molar-refractivity contribution is 5.88. The number of phenolic OH excluding ortho intramolecular Hbond substituents is 1. The molecule has 2 aliphatic carbocycles. The second kappa shape index (κ2) is 11.2. The molecule has 4 aliphatic rings. The van der Waals surface area contributed by atoms with Crippen LogP contribution in [-0.4, -0.2) is 81.5 Å². The number of carbonyl (C=O) groups is 4. The van der Waals surface area contributed by atoms with Gasteiger partial charge in [-0.05, 0) is 57.5 Å². The fourth-order valence-electron chi connectivity index (χ4n) is 7.63. The second-order valence-corrected chi connectivity index (χ2v) is 12.3. The first kappa shape index (κ1) is 30.6. The maximum absolute atomic E-state index is 13.6. The first-order chi connectivity index (χ1) is 21.4. The number of benzene rings is 2. The van der Waals surface area contributed by atoms with Crippen molar-refractivity contribution in [2.75, 3.05) is 13.6 Å². The summed E-state index contributed by atoms with van der Waals surface area (Å²) in [4.78, 5) is 52.9. The van der Waals surface area contributed by atoms with Gasteiger partial charge in [-0.2, -0.15) is 0 Å². The van der Waals surface area contributed by atoms with Gasteiger partial charge in [0.05, 0.1) is 11.0 Å². The number of aliphatic hydroxyl groups is 1. The number of likely N-dealkylation sites (N-methyl/N-ethyl adjacent to an activating group) is 1. The molecule has 0 unspecified atom stereocenters. The molecule has 238 valence electrons. The van der Waals surface area contributed by atoms with Crippen molar-refractivity contribution < 1.29 is 53.4 Å². The molecule has 0 amide bonds. The van der Waals surface area contributed by atoms with Gasteiger partial charge in [0.1, 0.15) is 11.7 Å². The highest BCUT2D eigenvalue weighted by atomic mass is 16.6. The number of aromatic hydroxyl groups is 1. The van der Waals surface area contributed by atoms with Crippen LogP contribution in [-0.2, 0) is 45.2 Å². The SMILES string of the molecule is CC(=O)O[C@@H](C(=O)O[C@H](C(=O)O)c1ccccc1)[C@@H](C)C(=O)OC1=CC[C@@]2(O)[C@H]3Cc4ccc(O)c5c4[C@@]2(CCCN3C)[C@H]1O5. The molecule has 0 aromatic heterocycles. The van der Waals surface area contributed by atoms with Crippen molar-refractivity contribution >= 4 is 23.9 Å². The molecule has 1 fully saturated rings. The second-order valence-electron chi connectivity index (χ2n) is 12.3. The van der Waals surface area contributed by atoms with Crippen LogP contribution in [0.1, 0.15) is 55.9 Å². The van der Waals surface area contributed by atoms with Gasteiger partial charge < -0.3 is 39.2 Å². The maximum atomic E-state index is 13.6. The molecule has 2 aromatic rings. The lowest BCUT2D eigenvalue weighted by Gasteiger charge is -2.56. The summed E-state index contributed by atoms with van der Waals surface area (Å²) in [6.07, 6.45) is -0.976. The number of carboxylic acid groups (broad SMARTS) is 1. The van der Waals surface area contributed by atoms with E-state index in [1.54, 1.807) is 30.3 Å². The van der Waals surface area contributed by atoms with Crippen molar-refractivity contribution in [2.24, 2.45) is 5.92 Å². The monoisotopic (exact) mass is 621 g/mol. The third-order valence-corrected chi connectivity index (χ3v) is 9.71. The molecule has 12 nitrogen and oxygen atoms in total. The Morgan fingerprint density at radius 1 is 1.07 bits per heavy atom. The molecule has 3 N–H and O–H groups in total.